The van der Waals surface area contributed by atoms with E-state index in [1.807, 2.05) is 27.8 Å². The molecule has 3 saturated carbocycles. The molecule has 35 heavy (non-hydrogen) atoms. The van der Waals surface area contributed by atoms with E-state index in [1.54, 1.807) is 0 Å². The highest BCUT2D eigenvalue weighted by atomic mass is 35.5. The molecule has 2 bridgehead atoms. The average Bonchev–Trinajstić information content (AvgIpc) is 3.52. The van der Waals surface area contributed by atoms with Gasteiger partial charge < -0.3 is 14.7 Å². The Hall–Kier alpha value is -2.64. The molecule has 8 rings (SSSR count). The fraction of sp³-hybridized carbons (Fsp3) is 0.560. The Balaban J connectivity index is 1.14. The van der Waals surface area contributed by atoms with E-state index >= 15 is 0 Å². The lowest BCUT2D eigenvalue weighted by Gasteiger charge is -2.66. The Labute approximate surface area is 208 Å². The van der Waals surface area contributed by atoms with Crippen molar-refractivity contribution in [1.29, 1.82) is 5.26 Å². The molecule has 9 nitrogen and oxygen atoms in total. The summed E-state index contributed by atoms with van der Waals surface area (Å²) in [5.41, 5.74) is 2.48. The maximum Gasteiger partial charge on any atom is 0.103 e. The van der Waals surface area contributed by atoms with Crippen LogP contribution in [0.25, 0.3) is 16.6 Å². The van der Waals surface area contributed by atoms with Crippen molar-refractivity contribution < 1.29 is 9.84 Å². The van der Waals surface area contributed by atoms with Gasteiger partial charge in [0.05, 0.1) is 76.7 Å². The third kappa shape index (κ3) is 2.97. The minimum atomic E-state index is -0.458. The SMILES string of the molecule is C[C@@]1(N2CCN(c3cc4c(cnn4-c4cnn(C56CC(C#N)(C5)C6)c4)cc3Cl)CC2)COC[C@@H]1O. The zero-order chi connectivity index (χ0) is 24.0. The third-order valence-electron chi connectivity index (χ3n) is 8.91. The first-order valence-corrected chi connectivity index (χ1v) is 12.6. The summed E-state index contributed by atoms with van der Waals surface area (Å²) in [4.78, 5) is 4.65. The lowest BCUT2D eigenvalue weighted by Crippen LogP contribution is -2.67. The van der Waals surface area contributed by atoms with E-state index < -0.39 is 6.10 Å². The number of hydrogen-bond donors (Lipinski definition) is 1. The standard InChI is InChI=1S/C25H28ClN7O2/c1-23(16-35-11-22(23)34)31-4-2-30(3-5-31)21-7-20-17(6-19(21)26)8-29-33(20)18-9-28-32(10-18)25-12-24(13-25,14-25)15-27/h6-10,22,34H,2-5,11-14,16H2,1H3/t22-,23+,24?,25?/m0/s1. The number of aliphatic hydroxyl groups excluding tert-OH is 1. The van der Waals surface area contributed by atoms with Crippen molar-refractivity contribution >= 4 is 28.2 Å². The highest BCUT2D eigenvalue weighted by Crippen LogP contribution is 2.70. The summed E-state index contributed by atoms with van der Waals surface area (Å²) in [5, 5.41) is 30.7. The number of hydrogen-bond acceptors (Lipinski definition) is 7. The molecular formula is C25H28ClN7O2. The summed E-state index contributed by atoms with van der Waals surface area (Å²) in [6.07, 6.45) is 7.97. The molecule has 2 atom stereocenters. The molecular weight excluding hydrogens is 466 g/mol. The fourth-order valence-corrected chi connectivity index (χ4v) is 6.97. The number of benzene rings is 1. The van der Waals surface area contributed by atoms with Gasteiger partial charge in [-0.2, -0.15) is 15.5 Å². The van der Waals surface area contributed by atoms with Crippen molar-refractivity contribution in [3.63, 3.8) is 0 Å². The van der Waals surface area contributed by atoms with Crippen molar-refractivity contribution in [3.8, 4) is 11.8 Å². The van der Waals surface area contributed by atoms with Crippen LogP contribution in [0.3, 0.4) is 0 Å². The second kappa shape index (κ2) is 7.20. The van der Waals surface area contributed by atoms with Crippen molar-refractivity contribution in [3.05, 3.63) is 35.7 Å². The molecule has 1 aromatic carbocycles. The van der Waals surface area contributed by atoms with Crippen LogP contribution in [0.15, 0.2) is 30.7 Å². The van der Waals surface area contributed by atoms with Gasteiger partial charge in [-0.05, 0) is 38.3 Å². The molecule has 0 unspecified atom stereocenters. The number of rotatable bonds is 4. The molecule has 2 aliphatic heterocycles. The largest absolute Gasteiger partial charge is 0.389 e. The summed E-state index contributed by atoms with van der Waals surface area (Å²) in [7, 11) is 0. The number of halogens is 1. The van der Waals surface area contributed by atoms with E-state index in [0.717, 1.165) is 67.7 Å². The van der Waals surface area contributed by atoms with E-state index in [9.17, 15) is 10.4 Å². The lowest BCUT2D eigenvalue weighted by atomic mass is 9.40. The molecule has 0 amide bonds. The van der Waals surface area contributed by atoms with Crippen LogP contribution in [0.1, 0.15) is 26.2 Å². The highest BCUT2D eigenvalue weighted by molar-refractivity contribution is 6.34. The third-order valence-corrected chi connectivity index (χ3v) is 9.21. The number of aromatic nitrogens is 4. The van der Waals surface area contributed by atoms with Gasteiger partial charge in [-0.3, -0.25) is 9.58 Å². The van der Waals surface area contributed by atoms with Crippen LogP contribution in [0.2, 0.25) is 5.02 Å². The normalized spacial score (nSPS) is 34.6. The second-order valence-electron chi connectivity index (χ2n) is 11.1. The molecule has 0 radical (unpaired) electrons. The molecule has 2 saturated heterocycles. The Bertz CT molecular complexity index is 1350. The van der Waals surface area contributed by atoms with Crippen molar-refractivity contribution in [1.82, 2.24) is 24.5 Å². The van der Waals surface area contributed by atoms with E-state index in [1.165, 1.54) is 0 Å². The summed E-state index contributed by atoms with van der Waals surface area (Å²) in [5.74, 6) is 0. The quantitative estimate of drug-likeness (QED) is 0.596. The summed E-state index contributed by atoms with van der Waals surface area (Å²) >= 11 is 6.73. The van der Waals surface area contributed by atoms with Crippen LogP contribution in [0.5, 0.6) is 0 Å². The molecule has 5 fully saturated rings. The molecule has 10 heteroatoms. The minimum absolute atomic E-state index is 0.0135. The smallest absolute Gasteiger partial charge is 0.103 e. The van der Waals surface area contributed by atoms with E-state index in [4.69, 9.17) is 16.3 Å². The first-order chi connectivity index (χ1) is 16.8. The van der Waals surface area contributed by atoms with Crippen LogP contribution in [0.4, 0.5) is 5.69 Å². The number of fused-ring (bicyclic) bond motifs is 1. The minimum Gasteiger partial charge on any atom is -0.389 e. The predicted molar refractivity (Wildman–Crippen MR) is 131 cm³/mol. The second-order valence-corrected chi connectivity index (χ2v) is 11.5. The first kappa shape index (κ1) is 21.6. The average molecular weight is 494 g/mol. The zero-order valence-electron chi connectivity index (χ0n) is 19.7. The maximum absolute atomic E-state index is 10.4. The molecule has 0 spiro atoms. The maximum atomic E-state index is 10.4. The van der Waals surface area contributed by atoms with Crippen molar-refractivity contribution in [2.75, 3.05) is 44.3 Å². The van der Waals surface area contributed by atoms with Gasteiger partial charge in [-0.1, -0.05) is 11.6 Å². The van der Waals surface area contributed by atoms with E-state index in [2.05, 4.69) is 45.3 Å². The summed E-state index contributed by atoms with van der Waals surface area (Å²) < 4.78 is 9.50. The molecule has 2 aromatic heterocycles. The number of ether oxygens (including phenoxy) is 1. The number of piperazine rings is 1. The monoisotopic (exact) mass is 493 g/mol. The van der Waals surface area contributed by atoms with Gasteiger partial charge in [0.1, 0.15) is 5.69 Å². The Morgan fingerprint density at radius 3 is 2.60 bits per heavy atom. The molecule has 4 heterocycles. The van der Waals surface area contributed by atoms with Gasteiger partial charge in [-0.25, -0.2) is 4.68 Å². The number of nitriles is 1. The van der Waals surface area contributed by atoms with Crippen molar-refractivity contribution in [2.24, 2.45) is 5.41 Å². The van der Waals surface area contributed by atoms with Gasteiger partial charge in [0.15, 0.2) is 0 Å². The number of aliphatic hydroxyl groups is 1. The first-order valence-electron chi connectivity index (χ1n) is 12.2. The van der Waals surface area contributed by atoms with Gasteiger partial charge in [-0.15, -0.1) is 0 Å². The summed E-state index contributed by atoms with van der Waals surface area (Å²) in [6.45, 7) is 6.37. The molecule has 182 valence electrons. The van der Waals surface area contributed by atoms with Crippen LogP contribution in [-0.2, 0) is 10.3 Å². The summed E-state index contributed by atoms with van der Waals surface area (Å²) in [6, 6.07) is 6.57. The van der Waals surface area contributed by atoms with Crippen LogP contribution < -0.4 is 4.90 Å². The van der Waals surface area contributed by atoms with E-state index in [-0.39, 0.29) is 16.5 Å². The predicted octanol–water partition coefficient (Wildman–Crippen LogP) is 2.55. The zero-order valence-corrected chi connectivity index (χ0v) is 20.4. The van der Waals surface area contributed by atoms with E-state index in [0.29, 0.717) is 18.2 Å². The van der Waals surface area contributed by atoms with Crippen LogP contribution in [0, 0.1) is 16.7 Å². The molecule has 3 aliphatic carbocycles. The number of nitrogens with zero attached hydrogens (tertiary/aromatic N) is 7. The molecule has 1 N–H and O–H groups in total. The Kier molecular flexibility index (Phi) is 4.45. The Morgan fingerprint density at radius 2 is 1.91 bits per heavy atom. The fourth-order valence-electron chi connectivity index (χ4n) is 6.67. The van der Waals surface area contributed by atoms with Crippen molar-refractivity contribution in [2.45, 2.75) is 43.4 Å². The number of anilines is 1. The molecule has 5 aliphatic rings. The van der Waals surface area contributed by atoms with Crippen LogP contribution >= 0.6 is 11.6 Å². The van der Waals surface area contributed by atoms with Crippen LogP contribution in [-0.4, -0.2) is 80.6 Å². The highest BCUT2D eigenvalue weighted by Gasteiger charge is 2.70. The Morgan fingerprint density at radius 1 is 1.14 bits per heavy atom. The van der Waals surface area contributed by atoms with Gasteiger partial charge in [0.2, 0.25) is 0 Å². The van der Waals surface area contributed by atoms with Gasteiger partial charge in [0, 0.05) is 31.6 Å². The van der Waals surface area contributed by atoms with Gasteiger partial charge in [0.25, 0.3) is 0 Å². The van der Waals surface area contributed by atoms with Gasteiger partial charge >= 0.3 is 0 Å². The lowest BCUT2D eigenvalue weighted by molar-refractivity contribution is -0.153. The molecule has 3 aromatic rings. The topological polar surface area (TPSA) is 95.4 Å².